The van der Waals surface area contributed by atoms with E-state index in [9.17, 15) is 19.5 Å². The highest BCUT2D eigenvalue weighted by Crippen LogP contribution is 2.31. The second-order valence-electron chi connectivity index (χ2n) is 7.73. The van der Waals surface area contributed by atoms with E-state index in [0.717, 1.165) is 10.5 Å². The molecule has 2 rings (SSSR count). The lowest BCUT2D eigenvalue weighted by Crippen LogP contribution is -2.42. The zero-order valence-corrected chi connectivity index (χ0v) is 18.1. The molecule has 0 aliphatic heterocycles. The molecule has 0 aliphatic carbocycles. The maximum Gasteiger partial charge on any atom is 0.419 e. The van der Waals surface area contributed by atoms with Crippen LogP contribution in [0.2, 0.25) is 0 Å². The Morgan fingerprint density at radius 3 is 2.32 bits per heavy atom. The van der Waals surface area contributed by atoms with Crippen molar-refractivity contribution >= 4 is 18.5 Å². The van der Waals surface area contributed by atoms with Crippen LogP contribution < -0.4 is 4.74 Å². The molecule has 0 heterocycles. The summed E-state index contributed by atoms with van der Waals surface area (Å²) >= 11 is 0. The number of carbonyl (C=O) groups is 3. The van der Waals surface area contributed by atoms with E-state index in [1.54, 1.807) is 39.0 Å². The van der Waals surface area contributed by atoms with E-state index in [1.807, 2.05) is 18.2 Å². The number of phenols is 1. The monoisotopic (exact) mass is 429 g/mol. The van der Waals surface area contributed by atoms with Crippen LogP contribution in [0, 0.1) is 0 Å². The molecule has 0 spiro atoms. The Kier molecular flexibility index (Phi) is 8.01. The lowest BCUT2D eigenvalue weighted by molar-refractivity contribution is 0.0211. The number of nitrogens with zero attached hydrogens (tertiary/aromatic N) is 1. The van der Waals surface area contributed by atoms with Crippen LogP contribution in [0.3, 0.4) is 0 Å². The van der Waals surface area contributed by atoms with Crippen molar-refractivity contribution in [1.29, 1.82) is 0 Å². The summed E-state index contributed by atoms with van der Waals surface area (Å²) in [6.07, 6.45) is -1.14. The molecule has 166 valence electrons. The average molecular weight is 429 g/mol. The predicted octanol–water partition coefficient (Wildman–Crippen LogP) is 4.33. The number of imide groups is 1. The van der Waals surface area contributed by atoms with E-state index < -0.39 is 17.8 Å². The molecule has 0 aromatic heterocycles. The number of phenolic OH excluding ortho intramolecular Hbond substituents is 1. The number of rotatable bonds is 7. The summed E-state index contributed by atoms with van der Waals surface area (Å²) in [6.45, 7) is 4.93. The third kappa shape index (κ3) is 6.74. The van der Waals surface area contributed by atoms with Crippen LogP contribution in [-0.2, 0) is 22.5 Å². The number of ether oxygens (including phenoxy) is 3. The smallest absolute Gasteiger partial charge is 0.419 e. The summed E-state index contributed by atoms with van der Waals surface area (Å²) in [6, 6.07) is 12.1. The molecule has 0 saturated heterocycles. The van der Waals surface area contributed by atoms with Gasteiger partial charge in [0.15, 0.2) is 17.8 Å². The Bertz CT molecular complexity index is 920. The van der Waals surface area contributed by atoms with Crippen molar-refractivity contribution in [3.63, 3.8) is 0 Å². The van der Waals surface area contributed by atoms with E-state index in [2.05, 4.69) is 0 Å². The second kappa shape index (κ2) is 10.5. The number of carbonyl (C=O) groups excluding carboxylic acids is 3. The van der Waals surface area contributed by atoms with Crippen molar-refractivity contribution in [2.45, 2.75) is 39.4 Å². The van der Waals surface area contributed by atoms with Gasteiger partial charge in [-0.1, -0.05) is 36.4 Å². The Labute approximate surface area is 181 Å². The van der Waals surface area contributed by atoms with Crippen LogP contribution in [0.25, 0.3) is 0 Å². The van der Waals surface area contributed by atoms with Gasteiger partial charge in [0.1, 0.15) is 12.2 Å². The Morgan fingerprint density at radius 1 is 1.06 bits per heavy atom. The maximum atomic E-state index is 12.7. The van der Waals surface area contributed by atoms with Crippen molar-refractivity contribution in [2.75, 3.05) is 13.7 Å². The minimum absolute atomic E-state index is 0.0120. The number of benzene rings is 2. The van der Waals surface area contributed by atoms with E-state index in [4.69, 9.17) is 14.2 Å². The van der Waals surface area contributed by atoms with Crippen LogP contribution >= 0.6 is 0 Å². The third-order valence-corrected chi connectivity index (χ3v) is 4.25. The van der Waals surface area contributed by atoms with E-state index in [1.165, 1.54) is 13.2 Å². The summed E-state index contributed by atoms with van der Waals surface area (Å²) in [4.78, 5) is 37.6. The van der Waals surface area contributed by atoms with Crippen molar-refractivity contribution in [1.82, 2.24) is 4.90 Å². The maximum absolute atomic E-state index is 12.7. The lowest BCUT2D eigenvalue weighted by atomic mass is 10.0. The second-order valence-corrected chi connectivity index (χ2v) is 7.73. The number of aldehydes is 1. The normalized spacial score (nSPS) is 10.8. The Hall–Kier alpha value is -3.55. The zero-order valence-electron chi connectivity index (χ0n) is 18.1. The first kappa shape index (κ1) is 23.7. The van der Waals surface area contributed by atoms with Gasteiger partial charge in [-0.05, 0) is 44.4 Å². The molecule has 0 fully saturated rings. The molecular formula is C23H27NO7. The molecule has 0 radical (unpaired) electrons. The van der Waals surface area contributed by atoms with Gasteiger partial charge in [0.05, 0.1) is 12.7 Å². The van der Waals surface area contributed by atoms with Crippen molar-refractivity contribution in [3.8, 4) is 11.5 Å². The highest BCUT2D eigenvalue weighted by molar-refractivity contribution is 5.88. The molecule has 1 N–H and O–H groups in total. The molecule has 0 saturated carbocycles. The Morgan fingerprint density at radius 2 is 1.74 bits per heavy atom. The van der Waals surface area contributed by atoms with Gasteiger partial charge in [-0.15, -0.1) is 0 Å². The molecule has 0 bridgehead atoms. The van der Waals surface area contributed by atoms with Gasteiger partial charge in [-0.3, -0.25) is 4.79 Å². The number of hydrogen-bond acceptors (Lipinski definition) is 7. The number of methoxy groups -OCH3 is 1. The van der Waals surface area contributed by atoms with Gasteiger partial charge in [0, 0.05) is 6.54 Å². The summed E-state index contributed by atoms with van der Waals surface area (Å²) in [5, 5.41) is 10.2. The summed E-state index contributed by atoms with van der Waals surface area (Å²) in [5.74, 6) is -0.150. The van der Waals surface area contributed by atoms with E-state index in [-0.39, 0.29) is 36.6 Å². The van der Waals surface area contributed by atoms with Crippen LogP contribution in [0.1, 0.15) is 42.3 Å². The zero-order chi connectivity index (χ0) is 23.0. The van der Waals surface area contributed by atoms with Crippen molar-refractivity contribution < 1.29 is 33.7 Å². The van der Waals surface area contributed by atoms with Crippen molar-refractivity contribution in [2.24, 2.45) is 0 Å². The standard InChI is InChI=1S/C23H27NO7/c1-23(2,3)31-22(28)24(21(27)30-15-16-8-6-5-7-9-16)13-12-17-10-11-19(29-4)20(26)18(17)14-25/h5-11,14,26H,12-13,15H2,1-4H3. The molecule has 2 aromatic carbocycles. The molecular weight excluding hydrogens is 402 g/mol. The summed E-state index contributed by atoms with van der Waals surface area (Å²) < 4.78 is 15.6. The molecule has 8 heteroatoms. The largest absolute Gasteiger partial charge is 0.504 e. The van der Waals surface area contributed by atoms with Gasteiger partial charge in [-0.2, -0.15) is 0 Å². The molecule has 2 amide bonds. The van der Waals surface area contributed by atoms with Gasteiger partial charge in [0.2, 0.25) is 0 Å². The first-order valence-corrected chi connectivity index (χ1v) is 9.71. The lowest BCUT2D eigenvalue weighted by Gasteiger charge is -2.26. The molecule has 0 unspecified atom stereocenters. The van der Waals surface area contributed by atoms with Crippen LogP contribution in [0.4, 0.5) is 9.59 Å². The SMILES string of the molecule is COc1ccc(CCN(C(=O)OCc2ccccc2)C(=O)OC(C)(C)C)c(C=O)c1O. The van der Waals surface area contributed by atoms with E-state index >= 15 is 0 Å². The number of amides is 2. The first-order chi connectivity index (χ1) is 14.7. The quantitative estimate of drug-likeness (QED) is 0.654. The van der Waals surface area contributed by atoms with Crippen LogP contribution in [-0.4, -0.2) is 47.7 Å². The van der Waals surface area contributed by atoms with Crippen molar-refractivity contribution in [3.05, 3.63) is 59.2 Å². The number of hydrogen-bond donors (Lipinski definition) is 1. The highest BCUT2D eigenvalue weighted by Gasteiger charge is 2.29. The van der Waals surface area contributed by atoms with Crippen LogP contribution in [0.5, 0.6) is 11.5 Å². The summed E-state index contributed by atoms with van der Waals surface area (Å²) in [5.41, 5.74) is 0.420. The molecule has 0 atom stereocenters. The Balaban J connectivity index is 2.19. The van der Waals surface area contributed by atoms with E-state index in [0.29, 0.717) is 11.8 Å². The molecule has 8 nitrogen and oxygen atoms in total. The van der Waals surface area contributed by atoms with Crippen LogP contribution in [0.15, 0.2) is 42.5 Å². The fourth-order valence-electron chi connectivity index (χ4n) is 2.75. The average Bonchev–Trinajstić information content (AvgIpc) is 2.72. The summed E-state index contributed by atoms with van der Waals surface area (Å²) in [7, 11) is 1.37. The first-order valence-electron chi connectivity index (χ1n) is 9.71. The minimum atomic E-state index is -0.872. The topological polar surface area (TPSA) is 102 Å². The minimum Gasteiger partial charge on any atom is -0.504 e. The predicted molar refractivity (Wildman–Crippen MR) is 113 cm³/mol. The molecule has 2 aromatic rings. The van der Waals surface area contributed by atoms with Gasteiger partial charge in [0.25, 0.3) is 0 Å². The molecule has 0 aliphatic rings. The molecule has 31 heavy (non-hydrogen) atoms. The van der Waals surface area contributed by atoms with Gasteiger partial charge < -0.3 is 19.3 Å². The highest BCUT2D eigenvalue weighted by atomic mass is 16.6. The number of aromatic hydroxyl groups is 1. The fraction of sp³-hybridized carbons (Fsp3) is 0.348. The van der Waals surface area contributed by atoms with Gasteiger partial charge >= 0.3 is 12.2 Å². The fourth-order valence-corrected chi connectivity index (χ4v) is 2.75. The van der Waals surface area contributed by atoms with Gasteiger partial charge in [-0.25, -0.2) is 14.5 Å². The third-order valence-electron chi connectivity index (χ3n) is 4.25.